The summed E-state index contributed by atoms with van der Waals surface area (Å²) in [5.74, 6) is 1.49. The number of rotatable bonds is 3. The molecule has 0 spiro atoms. The number of hydrogen-bond acceptors (Lipinski definition) is 5. The predicted molar refractivity (Wildman–Crippen MR) is 70.9 cm³/mol. The number of furan rings is 1. The summed E-state index contributed by atoms with van der Waals surface area (Å²) in [4.78, 5) is 2.90. The monoisotopic (exact) mass is 271 g/mol. The molecule has 94 valence electrons. The molecule has 0 aliphatic carbocycles. The molecule has 0 aliphatic rings. The van der Waals surface area contributed by atoms with Crippen LogP contribution in [0.15, 0.2) is 27.8 Å². The van der Waals surface area contributed by atoms with Crippen molar-refractivity contribution < 1.29 is 9.40 Å². The van der Waals surface area contributed by atoms with Crippen molar-refractivity contribution >= 4 is 17.6 Å². The van der Waals surface area contributed by atoms with Crippen molar-refractivity contribution in [3.05, 3.63) is 29.5 Å². The molecule has 2 rings (SSSR count). The summed E-state index contributed by atoms with van der Waals surface area (Å²) in [7, 11) is 0. The standard InChI is InChI=1S/C13H10N4OS/c1-2-19-13-9(7-15)11(10-4-3-5-18-10)8(6-14)12(16)17-13/h3-5H,2H2,1H3,(H2,16,17)/p+1. The fraction of sp³-hybridized carbons (Fsp3) is 0.154. The molecular formula is C13H11N4OS+. The van der Waals surface area contributed by atoms with Crippen LogP contribution in [0.4, 0.5) is 5.82 Å². The normalized spacial score (nSPS) is 9.84. The van der Waals surface area contributed by atoms with E-state index in [-0.39, 0.29) is 11.4 Å². The molecule has 0 radical (unpaired) electrons. The first kappa shape index (κ1) is 13.0. The largest absolute Gasteiger partial charge is 0.464 e. The third-order valence-electron chi connectivity index (χ3n) is 2.52. The highest BCUT2D eigenvalue weighted by molar-refractivity contribution is 7.99. The Morgan fingerprint density at radius 1 is 1.37 bits per heavy atom. The summed E-state index contributed by atoms with van der Waals surface area (Å²) in [5, 5.41) is 19.2. The molecule has 5 nitrogen and oxygen atoms in total. The van der Waals surface area contributed by atoms with E-state index in [4.69, 9.17) is 10.2 Å². The first-order valence-electron chi connectivity index (χ1n) is 5.58. The van der Waals surface area contributed by atoms with Gasteiger partial charge in [-0.2, -0.15) is 10.5 Å². The highest BCUT2D eigenvalue weighted by Gasteiger charge is 2.24. The minimum Gasteiger partial charge on any atom is -0.464 e. The first-order valence-corrected chi connectivity index (χ1v) is 6.57. The van der Waals surface area contributed by atoms with Gasteiger partial charge in [0.1, 0.15) is 23.5 Å². The zero-order valence-corrected chi connectivity index (χ0v) is 11.0. The van der Waals surface area contributed by atoms with E-state index < -0.39 is 0 Å². The molecule has 0 unspecified atom stereocenters. The smallest absolute Gasteiger partial charge is 0.289 e. The molecule has 0 atom stereocenters. The molecule has 6 heteroatoms. The van der Waals surface area contributed by atoms with Crippen LogP contribution in [0, 0.1) is 22.7 Å². The van der Waals surface area contributed by atoms with Gasteiger partial charge in [0.25, 0.3) is 5.82 Å². The zero-order chi connectivity index (χ0) is 13.8. The summed E-state index contributed by atoms with van der Waals surface area (Å²) in [6.45, 7) is 1.97. The second kappa shape index (κ2) is 5.47. The van der Waals surface area contributed by atoms with Crippen molar-refractivity contribution in [1.29, 1.82) is 10.5 Å². The topological polar surface area (TPSA) is 101 Å². The molecule has 0 saturated carbocycles. The molecule has 0 bridgehead atoms. The Labute approximate surface area is 114 Å². The minimum atomic E-state index is 0.229. The summed E-state index contributed by atoms with van der Waals surface area (Å²) in [6, 6.07) is 7.55. The second-order valence-corrected chi connectivity index (χ2v) is 4.90. The number of nitrogen functional groups attached to an aromatic ring is 1. The molecule has 3 N–H and O–H groups in total. The van der Waals surface area contributed by atoms with Gasteiger partial charge in [-0.15, -0.1) is 0 Å². The predicted octanol–water partition coefficient (Wildman–Crippen LogP) is 2.20. The van der Waals surface area contributed by atoms with Gasteiger partial charge in [-0.25, -0.2) is 4.98 Å². The van der Waals surface area contributed by atoms with Crippen molar-refractivity contribution in [3.8, 4) is 23.5 Å². The Hall–Kier alpha value is -2.44. The number of nitrogens with one attached hydrogen (secondary N) is 1. The fourth-order valence-corrected chi connectivity index (χ4v) is 2.53. The van der Waals surface area contributed by atoms with Gasteiger partial charge in [0, 0.05) is 0 Å². The van der Waals surface area contributed by atoms with E-state index in [1.807, 2.05) is 13.0 Å². The summed E-state index contributed by atoms with van der Waals surface area (Å²) in [5.41, 5.74) is 6.91. The van der Waals surface area contributed by atoms with Gasteiger partial charge >= 0.3 is 0 Å². The van der Waals surface area contributed by atoms with Gasteiger partial charge in [0.2, 0.25) is 0 Å². The Bertz CT molecular complexity index is 680. The molecule has 2 aromatic heterocycles. The van der Waals surface area contributed by atoms with Crippen LogP contribution in [0.1, 0.15) is 18.1 Å². The van der Waals surface area contributed by atoms with E-state index in [0.29, 0.717) is 21.9 Å². The average Bonchev–Trinajstić information content (AvgIpc) is 2.92. The van der Waals surface area contributed by atoms with Crippen LogP contribution in [0.5, 0.6) is 0 Å². The van der Waals surface area contributed by atoms with Gasteiger partial charge in [0.05, 0.1) is 11.8 Å². The minimum absolute atomic E-state index is 0.229. The Morgan fingerprint density at radius 3 is 2.63 bits per heavy atom. The maximum Gasteiger partial charge on any atom is 0.289 e. The number of nitriles is 2. The van der Waals surface area contributed by atoms with E-state index in [1.54, 1.807) is 12.1 Å². The highest BCUT2D eigenvalue weighted by atomic mass is 32.2. The van der Waals surface area contributed by atoms with Crippen molar-refractivity contribution in [1.82, 2.24) is 0 Å². The quantitative estimate of drug-likeness (QED) is 0.862. The van der Waals surface area contributed by atoms with Gasteiger partial charge in [-0.3, -0.25) is 5.73 Å². The van der Waals surface area contributed by atoms with Gasteiger partial charge in [0.15, 0.2) is 10.6 Å². The van der Waals surface area contributed by atoms with Crippen LogP contribution >= 0.6 is 11.8 Å². The van der Waals surface area contributed by atoms with Crippen molar-refractivity contribution in [2.24, 2.45) is 0 Å². The van der Waals surface area contributed by atoms with Crippen LogP contribution in [-0.4, -0.2) is 5.75 Å². The molecule has 2 heterocycles. The number of nitrogens with two attached hydrogens (primary N) is 1. The number of aromatic nitrogens is 1. The summed E-state index contributed by atoms with van der Waals surface area (Å²) in [6.07, 6.45) is 1.50. The maximum atomic E-state index is 9.36. The molecule has 0 aliphatic heterocycles. The average molecular weight is 271 g/mol. The zero-order valence-electron chi connectivity index (χ0n) is 10.2. The van der Waals surface area contributed by atoms with E-state index >= 15 is 0 Å². The Morgan fingerprint density at radius 2 is 2.11 bits per heavy atom. The van der Waals surface area contributed by atoms with Crippen molar-refractivity contribution in [2.75, 3.05) is 11.5 Å². The molecule has 2 aromatic rings. The highest BCUT2D eigenvalue weighted by Crippen LogP contribution is 2.33. The Balaban J connectivity index is 2.81. The number of aromatic amines is 1. The van der Waals surface area contributed by atoms with E-state index in [1.165, 1.54) is 18.0 Å². The SMILES string of the molecule is CCSc1[nH+]c(N)c(C#N)c(-c2ccco2)c1C#N. The first-order chi connectivity index (χ1) is 9.22. The van der Waals surface area contributed by atoms with E-state index in [9.17, 15) is 10.5 Å². The lowest BCUT2D eigenvalue weighted by Crippen LogP contribution is -2.18. The molecule has 0 fully saturated rings. The van der Waals surface area contributed by atoms with Crippen molar-refractivity contribution in [3.63, 3.8) is 0 Å². The third-order valence-corrected chi connectivity index (χ3v) is 3.41. The van der Waals surface area contributed by atoms with E-state index in [2.05, 4.69) is 11.1 Å². The van der Waals surface area contributed by atoms with Gasteiger partial charge < -0.3 is 4.42 Å². The lowest BCUT2D eigenvalue weighted by Gasteiger charge is -2.06. The summed E-state index contributed by atoms with van der Waals surface area (Å²) < 4.78 is 5.31. The number of thioether (sulfide) groups is 1. The summed E-state index contributed by atoms with van der Waals surface area (Å²) >= 11 is 1.46. The van der Waals surface area contributed by atoms with Crippen LogP contribution in [0.2, 0.25) is 0 Å². The number of hydrogen-bond donors (Lipinski definition) is 1. The third kappa shape index (κ3) is 2.26. The Kier molecular flexibility index (Phi) is 3.74. The lowest BCUT2D eigenvalue weighted by molar-refractivity contribution is -0.410. The van der Waals surface area contributed by atoms with E-state index in [0.717, 1.165) is 5.75 Å². The molecule has 19 heavy (non-hydrogen) atoms. The van der Waals surface area contributed by atoms with Crippen LogP contribution < -0.4 is 10.7 Å². The number of nitrogens with zero attached hydrogens (tertiary/aromatic N) is 2. The molecule has 0 saturated heterocycles. The lowest BCUT2D eigenvalue weighted by atomic mass is 10.0. The van der Waals surface area contributed by atoms with Crippen LogP contribution in [-0.2, 0) is 0 Å². The second-order valence-electron chi connectivity index (χ2n) is 3.63. The van der Waals surface area contributed by atoms with Gasteiger partial charge in [-0.1, -0.05) is 18.7 Å². The molecule has 0 amide bonds. The molecule has 0 aromatic carbocycles. The number of pyridine rings is 1. The van der Waals surface area contributed by atoms with Crippen LogP contribution in [0.3, 0.4) is 0 Å². The van der Waals surface area contributed by atoms with Crippen LogP contribution in [0.25, 0.3) is 11.3 Å². The number of anilines is 1. The van der Waals surface area contributed by atoms with Crippen molar-refractivity contribution in [2.45, 2.75) is 11.9 Å². The van der Waals surface area contributed by atoms with Gasteiger partial charge in [-0.05, 0) is 17.9 Å². The number of H-pyrrole nitrogens is 1. The fourth-order valence-electron chi connectivity index (χ4n) is 1.76. The molecular weight excluding hydrogens is 260 g/mol. The maximum absolute atomic E-state index is 9.36.